The first-order valence-corrected chi connectivity index (χ1v) is 36.7. The normalized spacial score (nSPS) is 12.4. The molecule has 0 atom stereocenters. The number of fused-ring (bicyclic) bond motifs is 26. The number of para-hydroxylation sites is 4. The third-order valence-corrected chi connectivity index (χ3v) is 23.1. The monoisotopic (exact) mass is 1370 g/mol. The first-order valence-electron chi connectivity index (χ1n) is 36.7. The van der Waals surface area contributed by atoms with Crippen molar-refractivity contribution in [1.82, 2.24) is 37.9 Å². The molecule has 0 aliphatic heterocycles. The van der Waals surface area contributed by atoms with Crippen LogP contribution in [0.3, 0.4) is 0 Å². The summed E-state index contributed by atoms with van der Waals surface area (Å²) in [5.74, 6) is 1.05. The van der Waals surface area contributed by atoms with Crippen molar-refractivity contribution in [3.63, 3.8) is 0 Å². The summed E-state index contributed by atoms with van der Waals surface area (Å²) < 4.78 is 23.6. The Morgan fingerprint density at radius 3 is 1.06 bits per heavy atom. The van der Waals surface area contributed by atoms with Crippen molar-refractivity contribution < 1.29 is 8.83 Å². The molecule has 0 fully saturated rings. The molecule has 15 aromatic carbocycles. The van der Waals surface area contributed by atoms with Gasteiger partial charge in [0.2, 0.25) is 23.3 Å². The second-order valence-corrected chi connectivity index (χ2v) is 28.7. The molecular weight excluding hydrogens is 1320 g/mol. The minimum atomic E-state index is 0.510. The molecule has 0 bridgehead atoms. The van der Waals surface area contributed by atoms with Crippen molar-refractivity contribution >= 4 is 164 Å². The van der Waals surface area contributed by atoms with E-state index in [1.54, 1.807) is 0 Å². The Kier molecular flexibility index (Phi) is 11.5. The third-order valence-electron chi connectivity index (χ3n) is 23.1. The molecule has 0 saturated heterocycles. The molecule has 0 N–H and O–H groups in total. The Balaban J connectivity index is 0.706. The van der Waals surface area contributed by atoms with Gasteiger partial charge < -0.3 is 17.6 Å². The van der Waals surface area contributed by atoms with Crippen LogP contribution >= 0.6 is 0 Å². The quantitative estimate of drug-likeness (QED) is 0.150. The van der Waals surface area contributed by atoms with Gasteiger partial charge in [-0.3, -0.25) is 9.13 Å². The van der Waals surface area contributed by atoms with E-state index in [9.17, 15) is 0 Å². The lowest BCUT2D eigenvalue weighted by Crippen LogP contribution is -2.03. The van der Waals surface area contributed by atoms with Crippen molar-refractivity contribution in [1.29, 1.82) is 0 Å². The maximum Gasteiger partial charge on any atom is 0.238 e. The Morgan fingerprint density at radius 1 is 0.194 bits per heavy atom. The van der Waals surface area contributed by atoms with Gasteiger partial charge in [-0.1, -0.05) is 243 Å². The van der Waals surface area contributed by atoms with Crippen LogP contribution in [0.4, 0.5) is 0 Å². The first kappa shape index (κ1) is 57.7. The topological polar surface area (TPSA) is 96.5 Å². The smallest absolute Gasteiger partial charge is 0.238 e. The van der Waals surface area contributed by atoms with E-state index in [1.165, 1.54) is 27.2 Å². The zero-order valence-corrected chi connectivity index (χ0v) is 57.6. The van der Waals surface area contributed by atoms with Gasteiger partial charge >= 0.3 is 0 Å². The zero-order valence-electron chi connectivity index (χ0n) is 57.6. The number of furan rings is 2. The summed E-state index contributed by atoms with van der Waals surface area (Å²) >= 11 is 0. The van der Waals surface area contributed by atoms with Gasteiger partial charge in [-0.15, -0.1) is 0 Å². The number of hydrogen-bond acceptors (Lipinski definition) is 6. The molecule has 0 unspecified atom stereocenters. The molecule has 498 valence electrons. The highest BCUT2D eigenvalue weighted by Gasteiger charge is 2.31. The number of rotatable bonds is 8. The lowest BCUT2D eigenvalue weighted by atomic mass is 9.98. The minimum Gasteiger partial charge on any atom is -0.437 e. The van der Waals surface area contributed by atoms with E-state index in [4.69, 9.17) is 28.8 Å². The van der Waals surface area contributed by atoms with E-state index in [1.807, 2.05) is 12.1 Å². The Labute approximate surface area is 613 Å². The molecule has 10 heteroatoms. The van der Waals surface area contributed by atoms with E-state index >= 15 is 0 Å². The van der Waals surface area contributed by atoms with Crippen LogP contribution in [0, 0.1) is 0 Å². The molecule has 0 radical (unpaired) electrons. The minimum absolute atomic E-state index is 0.510. The summed E-state index contributed by atoms with van der Waals surface area (Å²) in [6.07, 6.45) is 0. The average Bonchev–Trinajstić information content (AvgIpc) is 1.52. The fourth-order valence-corrected chi connectivity index (χ4v) is 18.4. The van der Waals surface area contributed by atoms with Gasteiger partial charge in [-0.25, -0.2) is 9.97 Å². The molecule has 10 aromatic heterocycles. The molecule has 0 saturated carbocycles. The highest BCUT2D eigenvalue weighted by Crippen LogP contribution is 2.51. The Bertz CT molecular complexity index is 8150. The van der Waals surface area contributed by atoms with Gasteiger partial charge in [0.05, 0.1) is 77.3 Å². The highest BCUT2D eigenvalue weighted by molar-refractivity contribution is 6.36. The fourth-order valence-electron chi connectivity index (χ4n) is 18.4. The zero-order chi connectivity index (χ0) is 70.1. The van der Waals surface area contributed by atoms with Crippen LogP contribution in [0.2, 0.25) is 0 Å². The van der Waals surface area contributed by atoms with Crippen LogP contribution in [-0.4, -0.2) is 37.9 Å². The predicted octanol–water partition coefficient (Wildman–Crippen LogP) is 25.6. The number of nitrogens with zero attached hydrogens (tertiary/aromatic N) is 8. The number of aromatic nitrogens is 8. The molecule has 10 heterocycles. The van der Waals surface area contributed by atoms with E-state index in [2.05, 4.69) is 333 Å². The SMILES string of the molecule is c1ccc(-c2ccc(-c3nc(-n4c5ccc(-c6ccccc6)cc5c5cc6c7cc(-c8ccc9c(c8)oc8nc(-n%10c%11ccc(-c%12ccccc%12)cc%11c%11cc%12c%13ccccc%13n%13c%14ccccc%14c(c%11%10)c%12%13)nc(-c%10ccccc%10)c89)ccc7n7c8ccccc8c(c54)c67)nc4oc5ccccc5c34)cc2)cc1. The van der Waals surface area contributed by atoms with E-state index < -0.39 is 0 Å². The van der Waals surface area contributed by atoms with Crippen molar-refractivity contribution in [3.8, 4) is 78.9 Å². The summed E-state index contributed by atoms with van der Waals surface area (Å²) in [6.45, 7) is 0. The summed E-state index contributed by atoms with van der Waals surface area (Å²) in [4.78, 5) is 22.6. The second-order valence-electron chi connectivity index (χ2n) is 28.7. The molecule has 25 aromatic rings. The van der Waals surface area contributed by atoms with Crippen LogP contribution in [0.15, 0.2) is 336 Å². The van der Waals surface area contributed by atoms with Gasteiger partial charge in [-0.2, -0.15) is 9.97 Å². The average molecular weight is 1380 g/mol. The largest absolute Gasteiger partial charge is 0.437 e. The van der Waals surface area contributed by atoms with Crippen molar-refractivity contribution in [2.75, 3.05) is 0 Å². The van der Waals surface area contributed by atoms with Crippen LogP contribution in [0.5, 0.6) is 0 Å². The summed E-state index contributed by atoms with van der Waals surface area (Å²) in [6, 6.07) is 118. The van der Waals surface area contributed by atoms with Gasteiger partial charge in [0.1, 0.15) is 11.2 Å². The van der Waals surface area contributed by atoms with Crippen LogP contribution in [-0.2, 0) is 0 Å². The highest BCUT2D eigenvalue weighted by atomic mass is 16.3. The molecule has 0 aliphatic carbocycles. The second kappa shape index (κ2) is 21.5. The predicted molar refractivity (Wildman–Crippen MR) is 443 cm³/mol. The maximum absolute atomic E-state index is 7.25. The molecule has 0 aliphatic rings. The fraction of sp³-hybridized carbons (Fsp3) is 0. The summed E-state index contributed by atoms with van der Waals surface area (Å²) in [5.41, 5.74) is 25.9. The molecule has 108 heavy (non-hydrogen) atoms. The van der Waals surface area contributed by atoms with Crippen molar-refractivity contribution in [2.45, 2.75) is 0 Å². The molecular formula is C98H54N8O2. The van der Waals surface area contributed by atoms with E-state index in [-0.39, 0.29) is 0 Å². The van der Waals surface area contributed by atoms with Gasteiger partial charge in [0, 0.05) is 86.5 Å². The summed E-state index contributed by atoms with van der Waals surface area (Å²) in [5, 5.41) is 17.4. The number of hydrogen-bond donors (Lipinski definition) is 0. The van der Waals surface area contributed by atoms with E-state index in [0.717, 1.165) is 192 Å². The van der Waals surface area contributed by atoms with Crippen LogP contribution < -0.4 is 0 Å². The third kappa shape index (κ3) is 7.88. The van der Waals surface area contributed by atoms with Gasteiger partial charge in [0.15, 0.2) is 0 Å². The van der Waals surface area contributed by atoms with Gasteiger partial charge in [-0.05, 0) is 129 Å². The first-order chi connectivity index (χ1) is 53.6. The van der Waals surface area contributed by atoms with Gasteiger partial charge in [0.25, 0.3) is 0 Å². The van der Waals surface area contributed by atoms with Crippen LogP contribution in [0.1, 0.15) is 0 Å². The maximum atomic E-state index is 7.25. The number of benzene rings is 15. The van der Waals surface area contributed by atoms with E-state index in [0.29, 0.717) is 23.3 Å². The summed E-state index contributed by atoms with van der Waals surface area (Å²) in [7, 11) is 0. The lowest BCUT2D eigenvalue weighted by Gasteiger charge is -2.11. The standard InChI is InChI=1S/C98H54N8O2/c1-5-21-55(22-6-1)58-37-39-60(40-38-58)90-85-68-32-16-20-36-83(68)107-95(85)101-98(100-90)106-82-48-43-62(57-25-9-3-10-26-57)50-72(82)76-54-74-70-51-63(44-46-80(70)104-79-35-19-15-31-67(79)88(92(74)104)94(76)106)64-41-45-69-84(52-64)108-96-86(69)89(59-27-11-4-12-28-59)99-97(102-96)105-81-47-42-61(56-23-7-2-8-24-56)49-71(81)75-53-73-65-29-13-17-33-77(65)103-78-34-18-14-30-66(78)87(91(73)103)93(75)105/h1-54H. The lowest BCUT2D eigenvalue weighted by molar-refractivity contribution is 0.651. The van der Waals surface area contributed by atoms with Crippen LogP contribution in [0.25, 0.3) is 243 Å². The molecule has 0 spiro atoms. The van der Waals surface area contributed by atoms with Crippen molar-refractivity contribution in [3.05, 3.63) is 328 Å². The Morgan fingerprint density at radius 2 is 0.528 bits per heavy atom. The van der Waals surface area contributed by atoms with Crippen molar-refractivity contribution in [2.24, 2.45) is 0 Å². The molecule has 0 amide bonds. The molecule has 25 rings (SSSR count). The molecule has 10 nitrogen and oxygen atoms in total. The Hall–Kier alpha value is -14.7.